The number of halogens is 1. The highest BCUT2D eigenvalue weighted by atomic mass is 35.5. The fourth-order valence-corrected chi connectivity index (χ4v) is 5.47. The lowest BCUT2D eigenvalue weighted by molar-refractivity contribution is 0.856. The van der Waals surface area contributed by atoms with Crippen molar-refractivity contribution >= 4 is 38.8 Å². The third kappa shape index (κ3) is 4.95. The zero-order valence-electron chi connectivity index (χ0n) is 23.5. The van der Waals surface area contributed by atoms with E-state index in [1.54, 1.807) is 42.0 Å². The van der Waals surface area contributed by atoms with Crippen LogP contribution >= 0.6 is 11.6 Å². The second-order valence-corrected chi connectivity index (χ2v) is 10.7. The minimum Gasteiger partial charge on any atom is -0.289 e. The quantitative estimate of drug-likeness (QED) is 0.203. The Morgan fingerprint density at radius 1 is 0.644 bits per heavy atom. The van der Waals surface area contributed by atoms with Crippen LogP contribution in [0.25, 0.3) is 60.4 Å². The van der Waals surface area contributed by atoms with Gasteiger partial charge in [-0.3, -0.25) is 14.5 Å². The third-order valence-corrected chi connectivity index (χ3v) is 7.75. The molecule has 8 rings (SSSR count). The summed E-state index contributed by atoms with van der Waals surface area (Å²) in [6.07, 6.45) is 17.8. The molecule has 6 aromatic heterocycles. The van der Waals surface area contributed by atoms with Gasteiger partial charge in [0.15, 0.2) is 5.82 Å². The van der Waals surface area contributed by atoms with Crippen LogP contribution in [0.1, 0.15) is 5.56 Å². The van der Waals surface area contributed by atoms with Crippen molar-refractivity contribution in [2.75, 3.05) is 0 Å². The fourth-order valence-electron chi connectivity index (χ4n) is 5.26. The monoisotopic (exact) mass is 602 g/mol. The standard InChI is InChI=1S/C35H21ClN9/c36-32-19-41-34(31-10-4-2-8-29(31)32)44-21-33(42-22-44)24-12-27(18-38-14-24)39-15-25-16-40-35(30-9-3-1-7-28(25)30)45-20-26(17-43-45)23-6-5-11-37-13-23/h1-14,16-22H/q+1. The summed E-state index contributed by atoms with van der Waals surface area (Å²) < 4.78 is 3.66. The normalized spacial score (nSPS) is 11.0. The summed E-state index contributed by atoms with van der Waals surface area (Å²) in [5, 5.41) is 8.93. The largest absolute Gasteiger partial charge is 0.359 e. The van der Waals surface area contributed by atoms with Gasteiger partial charge in [0, 0.05) is 81.5 Å². The van der Waals surface area contributed by atoms with Crippen molar-refractivity contribution in [3.63, 3.8) is 0 Å². The molecule has 0 spiro atoms. The van der Waals surface area contributed by atoms with E-state index in [0.717, 1.165) is 55.3 Å². The molecule has 0 bridgehead atoms. The second-order valence-electron chi connectivity index (χ2n) is 10.3. The molecular formula is C35H21ClN9+. The molecule has 9 nitrogen and oxygen atoms in total. The van der Waals surface area contributed by atoms with Crippen molar-refractivity contribution in [3.05, 3.63) is 144 Å². The SMILES string of the molecule is Clc1cnc(-n2cnc(-c3cncc([N+]#Cc4cnc(-n5cc(-c6cccnc6)cn5)c5ccccc45)c3)c2)c2ccccc12. The van der Waals surface area contributed by atoms with Crippen LogP contribution in [0, 0.1) is 6.07 Å². The number of aromatic nitrogens is 8. The van der Waals surface area contributed by atoms with Gasteiger partial charge in [-0.05, 0) is 10.9 Å². The molecular weight excluding hydrogens is 582 g/mol. The van der Waals surface area contributed by atoms with Gasteiger partial charge in [0.2, 0.25) is 0 Å². The summed E-state index contributed by atoms with van der Waals surface area (Å²) in [4.78, 5) is 27.2. The van der Waals surface area contributed by atoms with Crippen LogP contribution in [-0.4, -0.2) is 39.3 Å². The van der Waals surface area contributed by atoms with Gasteiger partial charge in [-0.25, -0.2) is 19.6 Å². The number of pyridine rings is 4. The third-order valence-electron chi connectivity index (χ3n) is 7.45. The highest BCUT2D eigenvalue weighted by Gasteiger charge is 2.15. The average Bonchev–Trinajstić information content (AvgIpc) is 3.79. The maximum atomic E-state index is 6.38. The molecule has 0 fully saturated rings. The van der Waals surface area contributed by atoms with E-state index >= 15 is 0 Å². The zero-order chi connectivity index (χ0) is 30.2. The maximum absolute atomic E-state index is 6.38. The van der Waals surface area contributed by atoms with Crippen molar-refractivity contribution in [1.29, 1.82) is 0 Å². The van der Waals surface area contributed by atoms with Gasteiger partial charge < -0.3 is 0 Å². The Morgan fingerprint density at radius 3 is 2.27 bits per heavy atom. The van der Waals surface area contributed by atoms with Gasteiger partial charge in [0.05, 0.1) is 23.1 Å². The summed E-state index contributed by atoms with van der Waals surface area (Å²) >= 11 is 6.38. The summed E-state index contributed by atoms with van der Waals surface area (Å²) in [6.45, 7) is 0. The van der Waals surface area contributed by atoms with Gasteiger partial charge in [0.25, 0.3) is 0 Å². The molecule has 8 aromatic rings. The van der Waals surface area contributed by atoms with Crippen LogP contribution in [0.3, 0.4) is 0 Å². The molecule has 0 atom stereocenters. The molecule has 10 heteroatoms. The maximum Gasteiger partial charge on any atom is 0.359 e. The van der Waals surface area contributed by atoms with Crippen molar-refractivity contribution in [2.45, 2.75) is 0 Å². The van der Waals surface area contributed by atoms with E-state index < -0.39 is 0 Å². The van der Waals surface area contributed by atoms with Gasteiger partial charge >= 0.3 is 11.8 Å². The van der Waals surface area contributed by atoms with Gasteiger partial charge in [-0.15, -0.1) is 0 Å². The highest BCUT2D eigenvalue weighted by molar-refractivity contribution is 6.35. The Labute approximate surface area is 261 Å². The van der Waals surface area contributed by atoms with E-state index in [-0.39, 0.29) is 0 Å². The number of hydrogen-bond donors (Lipinski definition) is 0. The molecule has 0 aliphatic carbocycles. The second kappa shape index (κ2) is 11.1. The van der Waals surface area contributed by atoms with E-state index in [1.165, 1.54) is 0 Å². The molecule has 0 unspecified atom stereocenters. The Kier molecular flexibility index (Phi) is 6.52. The lowest BCUT2D eigenvalue weighted by atomic mass is 10.1. The Balaban J connectivity index is 1.11. The Bertz CT molecular complexity index is 2420. The predicted molar refractivity (Wildman–Crippen MR) is 175 cm³/mol. The topological polar surface area (TPSA) is 91.6 Å². The number of benzene rings is 2. The average molecular weight is 603 g/mol. The van der Waals surface area contributed by atoms with Crippen molar-refractivity contribution < 1.29 is 0 Å². The van der Waals surface area contributed by atoms with Crippen molar-refractivity contribution in [3.8, 4) is 40.1 Å². The van der Waals surface area contributed by atoms with Crippen LogP contribution < -0.4 is 0 Å². The summed E-state index contributed by atoms with van der Waals surface area (Å²) in [5.41, 5.74) is 4.89. The first-order chi connectivity index (χ1) is 22.2. The molecule has 0 saturated heterocycles. The summed E-state index contributed by atoms with van der Waals surface area (Å²) in [5.74, 6) is 1.46. The van der Waals surface area contributed by atoms with E-state index in [1.807, 2.05) is 96.1 Å². The lowest BCUT2D eigenvalue weighted by Gasteiger charge is -2.07. The number of nitrogens with zero attached hydrogens (tertiary/aromatic N) is 9. The van der Waals surface area contributed by atoms with Gasteiger partial charge in [0.1, 0.15) is 23.9 Å². The summed E-state index contributed by atoms with van der Waals surface area (Å²) in [6, 6.07) is 24.9. The Hall–Kier alpha value is -6.24. The minimum atomic E-state index is 0.606. The van der Waals surface area contributed by atoms with Crippen molar-refractivity contribution in [2.24, 2.45) is 0 Å². The number of fused-ring (bicyclic) bond motifs is 2. The van der Waals surface area contributed by atoms with E-state index in [2.05, 4.69) is 35.9 Å². The zero-order valence-corrected chi connectivity index (χ0v) is 24.3. The first kappa shape index (κ1) is 26.4. The predicted octanol–water partition coefficient (Wildman–Crippen LogP) is 7.94. The molecule has 0 aliphatic rings. The summed E-state index contributed by atoms with van der Waals surface area (Å²) in [7, 11) is 0. The van der Waals surface area contributed by atoms with Crippen LogP contribution in [0.2, 0.25) is 5.02 Å². The molecule has 2 aromatic carbocycles. The molecule has 0 radical (unpaired) electrons. The fraction of sp³-hybridized carbons (Fsp3) is 0. The molecule has 0 N–H and O–H groups in total. The lowest BCUT2D eigenvalue weighted by Crippen LogP contribution is -2.00. The first-order valence-electron chi connectivity index (χ1n) is 14.0. The minimum absolute atomic E-state index is 0.606. The van der Waals surface area contributed by atoms with Gasteiger partial charge in [-0.2, -0.15) is 5.10 Å². The number of hydrogen-bond acceptors (Lipinski definition) is 6. The number of imidazole rings is 1. The number of rotatable bonds is 4. The van der Waals surface area contributed by atoms with Gasteiger partial charge in [-0.1, -0.05) is 66.2 Å². The van der Waals surface area contributed by atoms with Crippen LogP contribution in [0.4, 0.5) is 5.69 Å². The van der Waals surface area contributed by atoms with Crippen LogP contribution in [0.15, 0.2) is 129 Å². The highest BCUT2D eigenvalue weighted by Crippen LogP contribution is 2.29. The van der Waals surface area contributed by atoms with E-state index in [0.29, 0.717) is 16.5 Å². The molecule has 212 valence electrons. The van der Waals surface area contributed by atoms with Crippen LogP contribution in [0.5, 0.6) is 0 Å². The van der Waals surface area contributed by atoms with E-state index in [4.69, 9.17) is 16.6 Å². The molecule has 45 heavy (non-hydrogen) atoms. The molecule has 0 amide bonds. The van der Waals surface area contributed by atoms with Crippen molar-refractivity contribution in [1.82, 2.24) is 39.3 Å². The smallest absolute Gasteiger partial charge is 0.289 e. The molecule has 6 heterocycles. The van der Waals surface area contributed by atoms with Crippen LogP contribution in [-0.2, 0) is 0 Å². The van der Waals surface area contributed by atoms with E-state index in [9.17, 15) is 0 Å². The molecule has 0 aliphatic heterocycles. The first-order valence-corrected chi connectivity index (χ1v) is 14.4. The molecule has 0 saturated carbocycles. The Morgan fingerprint density at radius 2 is 1.42 bits per heavy atom.